The maximum absolute atomic E-state index is 13.3. The number of nitrogens with zero attached hydrogens (tertiary/aromatic N) is 1. The Morgan fingerprint density at radius 1 is 1.56 bits per heavy atom. The van der Waals surface area contributed by atoms with Crippen molar-refractivity contribution in [1.82, 2.24) is 5.32 Å². The molecule has 1 aliphatic heterocycles. The molecule has 1 unspecified atom stereocenters. The minimum Gasteiger partial charge on any atom is -0.485 e. The highest BCUT2D eigenvalue weighted by atomic mass is 19.1. The fourth-order valence-electron chi connectivity index (χ4n) is 1.57. The normalized spacial score (nSPS) is 19.5. The quantitative estimate of drug-likeness (QED) is 0.767. The van der Waals surface area contributed by atoms with Crippen molar-refractivity contribution < 1.29 is 9.13 Å². The van der Waals surface area contributed by atoms with Crippen LogP contribution in [-0.2, 0) is 0 Å². The molecule has 16 heavy (non-hydrogen) atoms. The summed E-state index contributed by atoms with van der Waals surface area (Å²) in [5, 5.41) is 11.7. The van der Waals surface area contributed by atoms with Crippen LogP contribution in [0.1, 0.15) is 5.56 Å². The van der Waals surface area contributed by atoms with Crippen LogP contribution in [0.4, 0.5) is 4.39 Å². The summed E-state index contributed by atoms with van der Waals surface area (Å²) in [6.07, 6.45) is -0.118. The van der Waals surface area contributed by atoms with E-state index in [0.29, 0.717) is 12.3 Å². The molecule has 0 aliphatic carbocycles. The highest BCUT2D eigenvalue weighted by Gasteiger charge is 2.20. The zero-order valence-electron chi connectivity index (χ0n) is 8.66. The second-order valence-corrected chi connectivity index (χ2v) is 3.65. The molecule has 1 heterocycles. The van der Waals surface area contributed by atoms with Crippen LogP contribution in [0.25, 0.3) is 0 Å². The van der Waals surface area contributed by atoms with Crippen molar-refractivity contribution in [2.75, 3.05) is 13.1 Å². The summed E-state index contributed by atoms with van der Waals surface area (Å²) in [7, 11) is 0. The largest absolute Gasteiger partial charge is 0.485 e. The van der Waals surface area contributed by atoms with Crippen molar-refractivity contribution in [3.05, 3.63) is 41.7 Å². The van der Waals surface area contributed by atoms with E-state index in [-0.39, 0.29) is 11.7 Å². The Morgan fingerprint density at radius 3 is 2.94 bits per heavy atom. The summed E-state index contributed by atoms with van der Waals surface area (Å²) in [5.74, 6) is -0.136. The molecule has 82 valence electrons. The molecule has 0 amide bonds. The summed E-state index contributed by atoms with van der Waals surface area (Å²) >= 11 is 0. The molecule has 0 spiro atoms. The third-order valence-corrected chi connectivity index (χ3v) is 2.48. The lowest BCUT2D eigenvalue weighted by atomic mass is 10.2. The standard InChI is InChI=1S/C12H11FN2O/c1-8-6-15-7-12(8)16-10-3-2-9(5-14)11(13)4-10/h2-4,12,15H,1,6-7H2. The van der Waals surface area contributed by atoms with Gasteiger partial charge in [0.15, 0.2) is 0 Å². The fourth-order valence-corrected chi connectivity index (χ4v) is 1.57. The van der Waals surface area contributed by atoms with E-state index in [4.69, 9.17) is 10.00 Å². The minimum absolute atomic E-state index is 0.0238. The van der Waals surface area contributed by atoms with Gasteiger partial charge in [0.1, 0.15) is 23.7 Å². The first kappa shape index (κ1) is 10.7. The van der Waals surface area contributed by atoms with Gasteiger partial charge in [-0.15, -0.1) is 0 Å². The first-order valence-corrected chi connectivity index (χ1v) is 4.95. The molecule has 1 saturated heterocycles. The van der Waals surface area contributed by atoms with Crippen LogP contribution in [0.15, 0.2) is 30.4 Å². The lowest BCUT2D eigenvalue weighted by molar-refractivity contribution is 0.255. The van der Waals surface area contributed by atoms with Crippen molar-refractivity contribution in [2.45, 2.75) is 6.10 Å². The van der Waals surface area contributed by atoms with Gasteiger partial charge in [0.2, 0.25) is 0 Å². The maximum atomic E-state index is 13.3. The number of nitrogens with one attached hydrogen (secondary N) is 1. The SMILES string of the molecule is C=C1CNCC1Oc1ccc(C#N)c(F)c1. The molecular formula is C12H11FN2O. The van der Waals surface area contributed by atoms with Crippen molar-refractivity contribution in [2.24, 2.45) is 0 Å². The van der Waals surface area contributed by atoms with E-state index in [0.717, 1.165) is 12.1 Å². The van der Waals surface area contributed by atoms with Gasteiger partial charge in [-0.2, -0.15) is 5.26 Å². The molecule has 0 bridgehead atoms. The molecule has 0 aromatic heterocycles. The van der Waals surface area contributed by atoms with Crippen LogP contribution in [-0.4, -0.2) is 19.2 Å². The van der Waals surface area contributed by atoms with Gasteiger partial charge in [-0.25, -0.2) is 4.39 Å². The minimum atomic E-state index is -0.559. The predicted molar refractivity (Wildman–Crippen MR) is 57.5 cm³/mol. The fraction of sp³-hybridized carbons (Fsp3) is 0.250. The van der Waals surface area contributed by atoms with E-state index >= 15 is 0 Å². The molecule has 4 heteroatoms. The summed E-state index contributed by atoms with van der Waals surface area (Å²) in [5.41, 5.74) is 0.973. The molecule has 0 saturated carbocycles. The summed E-state index contributed by atoms with van der Waals surface area (Å²) in [6.45, 7) is 5.26. The van der Waals surface area contributed by atoms with E-state index in [1.54, 1.807) is 12.1 Å². The average molecular weight is 218 g/mol. The number of hydrogen-bond donors (Lipinski definition) is 1. The summed E-state index contributed by atoms with van der Waals surface area (Å²) in [6, 6.07) is 5.99. The average Bonchev–Trinajstić information content (AvgIpc) is 2.65. The molecule has 1 aromatic rings. The Balaban J connectivity index is 2.14. The molecule has 1 aliphatic rings. The molecule has 1 atom stereocenters. The Morgan fingerprint density at radius 2 is 2.38 bits per heavy atom. The number of benzene rings is 1. The third kappa shape index (κ3) is 2.05. The maximum Gasteiger partial charge on any atom is 0.144 e. The molecular weight excluding hydrogens is 207 g/mol. The Labute approximate surface area is 93.1 Å². The van der Waals surface area contributed by atoms with Crippen LogP contribution >= 0.6 is 0 Å². The molecule has 1 N–H and O–H groups in total. The van der Waals surface area contributed by atoms with E-state index in [9.17, 15) is 4.39 Å². The number of halogens is 1. The summed E-state index contributed by atoms with van der Waals surface area (Å²) in [4.78, 5) is 0. The lowest BCUT2D eigenvalue weighted by Crippen LogP contribution is -2.20. The molecule has 0 radical (unpaired) electrons. The topological polar surface area (TPSA) is 45.0 Å². The van der Waals surface area contributed by atoms with Gasteiger partial charge in [0.05, 0.1) is 5.56 Å². The Hall–Kier alpha value is -1.86. The zero-order chi connectivity index (χ0) is 11.5. The van der Waals surface area contributed by atoms with Crippen LogP contribution in [0.2, 0.25) is 0 Å². The molecule has 1 aromatic carbocycles. The van der Waals surface area contributed by atoms with Gasteiger partial charge in [-0.1, -0.05) is 6.58 Å². The van der Waals surface area contributed by atoms with Crippen LogP contribution in [0.3, 0.4) is 0 Å². The van der Waals surface area contributed by atoms with Gasteiger partial charge in [0, 0.05) is 19.2 Å². The van der Waals surface area contributed by atoms with Gasteiger partial charge >= 0.3 is 0 Å². The van der Waals surface area contributed by atoms with Crippen LogP contribution in [0, 0.1) is 17.1 Å². The van der Waals surface area contributed by atoms with E-state index in [1.165, 1.54) is 12.1 Å². The van der Waals surface area contributed by atoms with Gasteiger partial charge in [0.25, 0.3) is 0 Å². The smallest absolute Gasteiger partial charge is 0.144 e. The number of ether oxygens (including phenoxy) is 1. The zero-order valence-corrected chi connectivity index (χ0v) is 8.66. The van der Waals surface area contributed by atoms with Crippen LogP contribution in [0.5, 0.6) is 5.75 Å². The second-order valence-electron chi connectivity index (χ2n) is 3.65. The van der Waals surface area contributed by atoms with E-state index in [2.05, 4.69) is 11.9 Å². The van der Waals surface area contributed by atoms with Gasteiger partial charge < -0.3 is 10.1 Å². The van der Waals surface area contributed by atoms with Crippen molar-refractivity contribution in [3.63, 3.8) is 0 Å². The third-order valence-electron chi connectivity index (χ3n) is 2.48. The van der Waals surface area contributed by atoms with Gasteiger partial charge in [-0.3, -0.25) is 0 Å². The van der Waals surface area contributed by atoms with Crippen molar-refractivity contribution >= 4 is 0 Å². The highest BCUT2D eigenvalue weighted by Crippen LogP contribution is 2.20. The first-order valence-electron chi connectivity index (χ1n) is 4.95. The van der Waals surface area contributed by atoms with Crippen LogP contribution < -0.4 is 10.1 Å². The lowest BCUT2D eigenvalue weighted by Gasteiger charge is -2.13. The highest BCUT2D eigenvalue weighted by molar-refractivity contribution is 5.36. The van der Waals surface area contributed by atoms with E-state index in [1.807, 2.05) is 0 Å². The molecule has 2 rings (SSSR count). The van der Waals surface area contributed by atoms with E-state index < -0.39 is 5.82 Å². The van der Waals surface area contributed by atoms with Crippen molar-refractivity contribution in [1.29, 1.82) is 5.26 Å². The Kier molecular flexibility index (Phi) is 2.88. The Bertz CT molecular complexity index is 465. The van der Waals surface area contributed by atoms with Gasteiger partial charge in [-0.05, 0) is 17.7 Å². The number of hydrogen-bond acceptors (Lipinski definition) is 3. The number of rotatable bonds is 2. The first-order chi connectivity index (χ1) is 7.70. The number of nitriles is 1. The molecule has 1 fully saturated rings. The summed E-state index contributed by atoms with van der Waals surface area (Å²) < 4.78 is 18.8. The predicted octanol–water partition coefficient (Wildman–Crippen LogP) is 1.60. The van der Waals surface area contributed by atoms with Crippen molar-refractivity contribution in [3.8, 4) is 11.8 Å². The molecule has 3 nitrogen and oxygen atoms in total. The monoisotopic (exact) mass is 218 g/mol. The second kappa shape index (κ2) is 4.33.